The van der Waals surface area contributed by atoms with Crippen LogP contribution >= 0.6 is 0 Å². The first-order valence-electron chi connectivity index (χ1n) is 7.46. The molecule has 0 aliphatic carbocycles. The van der Waals surface area contributed by atoms with E-state index < -0.39 is 74.6 Å². The second-order valence-electron chi connectivity index (χ2n) is 5.74. The quantitative estimate of drug-likeness (QED) is 0.251. The first kappa shape index (κ1) is 19.9. The van der Waals surface area contributed by atoms with Crippen LogP contribution in [0.1, 0.15) is 0 Å². The SMILES string of the molecule is CO[C@@H]1OC(CO)[C@@H](O[C@H]2OC(CO)[C@@H](O)C(O)C2O)C(O)C1O. The molecule has 7 N–H and O–H groups in total. The summed E-state index contributed by atoms with van der Waals surface area (Å²) in [5.74, 6) is 0. The Morgan fingerprint density at radius 1 is 0.708 bits per heavy atom. The number of hydrogen-bond donors (Lipinski definition) is 7. The maximum Gasteiger partial charge on any atom is 0.187 e. The topological polar surface area (TPSA) is 179 Å². The lowest BCUT2D eigenvalue weighted by Gasteiger charge is -2.45. The molecule has 2 heterocycles. The van der Waals surface area contributed by atoms with Gasteiger partial charge in [-0.15, -0.1) is 0 Å². The Morgan fingerprint density at radius 3 is 1.79 bits per heavy atom. The molecule has 2 aliphatic rings. The van der Waals surface area contributed by atoms with Gasteiger partial charge in [0.15, 0.2) is 12.6 Å². The van der Waals surface area contributed by atoms with Crippen molar-refractivity contribution in [2.45, 2.75) is 61.4 Å². The molecule has 2 rings (SSSR count). The molecule has 142 valence electrons. The van der Waals surface area contributed by atoms with Gasteiger partial charge in [0.1, 0.15) is 48.8 Å². The number of rotatable bonds is 5. The van der Waals surface area contributed by atoms with Crippen molar-refractivity contribution in [2.24, 2.45) is 0 Å². The Kier molecular flexibility index (Phi) is 6.87. The van der Waals surface area contributed by atoms with Gasteiger partial charge in [-0.1, -0.05) is 0 Å². The Hall–Kier alpha value is -0.440. The predicted molar refractivity (Wildman–Crippen MR) is 73.4 cm³/mol. The molecule has 6 unspecified atom stereocenters. The fourth-order valence-electron chi connectivity index (χ4n) is 2.75. The molecule has 2 fully saturated rings. The van der Waals surface area contributed by atoms with Crippen LogP contribution in [-0.2, 0) is 18.9 Å². The van der Waals surface area contributed by atoms with Crippen LogP contribution < -0.4 is 0 Å². The zero-order valence-corrected chi connectivity index (χ0v) is 13.0. The highest BCUT2D eigenvalue weighted by molar-refractivity contribution is 4.93. The summed E-state index contributed by atoms with van der Waals surface area (Å²) in [6.45, 7) is -1.24. The van der Waals surface area contributed by atoms with Crippen LogP contribution in [0.25, 0.3) is 0 Å². The summed E-state index contributed by atoms with van der Waals surface area (Å²) in [5.41, 5.74) is 0. The molecule has 0 aromatic carbocycles. The average Bonchev–Trinajstić information content (AvgIpc) is 2.59. The molecule has 0 radical (unpaired) electrons. The van der Waals surface area contributed by atoms with Crippen molar-refractivity contribution in [3.63, 3.8) is 0 Å². The van der Waals surface area contributed by atoms with Gasteiger partial charge in [-0.05, 0) is 0 Å². The van der Waals surface area contributed by atoms with Gasteiger partial charge in [0.05, 0.1) is 13.2 Å². The van der Waals surface area contributed by atoms with Crippen molar-refractivity contribution in [1.82, 2.24) is 0 Å². The van der Waals surface area contributed by atoms with Gasteiger partial charge in [-0.25, -0.2) is 0 Å². The van der Waals surface area contributed by atoms with Gasteiger partial charge in [-0.2, -0.15) is 0 Å². The minimum Gasteiger partial charge on any atom is -0.394 e. The highest BCUT2D eigenvalue weighted by Gasteiger charge is 2.50. The van der Waals surface area contributed by atoms with Crippen molar-refractivity contribution in [1.29, 1.82) is 0 Å². The summed E-state index contributed by atoms with van der Waals surface area (Å²) in [7, 11) is 1.24. The van der Waals surface area contributed by atoms with Crippen LogP contribution in [0.3, 0.4) is 0 Å². The van der Waals surface area contributed by atoms with E-state index >= 15 is 0 Å². The van der Waals surface area contributed by atoms with E-state index in [2.05, 4.69) is 0 Å². The molecule has 11 nitrogen and oxygen atoms in total. The minimum absolute atomic E-state index is 0.592. The van der Waals surface area contributed by atoms with Crippen molar-refractivity contribution in [3.05, 3.63) is 0 Å². The molecule has 0 spiro atoms. The number of hydrogen-bond acceptors (Lipinski definition) is 11. The van der Waals surface area contributed by atoms with Crippen molar-refractivity contribution < 1.29 is 54.7 Å². The fraction of sp³-hybridized carbons (Fsp3) is 1.00. The van der Waals surface area contributed by atoms with Gasteiger partial charge in [0, 0.05) is 7.11 Å². The normalized spacial score (nSPS) is 50.0. The Balaban J connectivity index is 2.12. The first-order valence-corrected chi connectivity index (χ1v) is 7.46. The third-order valence-electron chi connectivity index (χ3n) is 4.19. The molecule has 10 atom stereocenters. The highest BCUT2D eigenvalue weighted by atomic mass is 16.7. The Labute approximate surface area is 137 Å². The molecule has 2 aliphatic heterocycles. The Morgan fingerprint density at radius 2 is 1.25 bits per heavy atom. The summed E-state index contributed by atoms with van der Waals surface area (Å²) in [6, 6.07) is 0. The lowest BCUT2D eigenvalue weighted by Crippen LogP contribution is -2.64. The van der Waals surface area contributed by atoms with Crippen molar-refractivity contribution in [3.8, 4) is 0 Å². The van der Waals surface area contributed by atoms with E-state index in [4.69, 9.17) is 24.1 Å². The molecule has 0 aromatic heterocycles. The fourth-order valence-corrected chi connectivity index (χ4v) is 2.75. The lowest BCUT2D eigenvalue weighted by atomic mass is 9.97. The molecule has 0 aromatic rings. The van der Waals surface area contributed by atoms with E-state index in [1.165, 1.54) is 7.11 Å². The zero-order valence-electron chi connectivity index (χ0n) is 13.0. The van der Waals surface area contributed by atoms with Crippen LogP contribution in [-0.4, -0.2) is 117 Å². The number of aliphatic hydroxyl groups excluding tert-OH is 7. The average molecular weight is 356 g/mol. The second-order valence-corrected chi connectivity index (χ2v) is 5.74. The second kappa shape index (κ2) is 8.29. The van der Waals surface area contributed by atoms with Gasteiger partial charge in [0.25, 0.3) is 0 Å². The van der Waals surface area contributed by atoms with Crippen molar-refractivity contribution in [2.75, 3.05) is 20.3 Å². The van der Waals surface area contributed by atoms with E-state index in [1.54, 1.807) is 0 Å². The molecular formula is C13H24O11. The summed E-state index contributed by atoms with van der Waals surface area (Å²) in [4.78, 5) is 0. The van der Waals surface area contributed by atoms with E-state index in [0.717, 1.165) is 0 Å². The molecule has 0 saturated carbocycles. The largest absolute Gasteiger partial charge is 0.394 e. The standard InChI is InChI=1S/C13H24O11/c1-21-12-10(20)8(18)11(5(3-15)23-12)24-13-9(19)7(17)6(16)4(2-14)22-13/h4-20H,2-3H2,1H3/t4?,5?,6-,7?,8?,9?,10?,11-,12-,13-/m1/s1. The van der Waals surface area contributed by atoms with Crippen molar-refractivity contribution >= 4 is 0 Å². The summed E-state index contributed by atoms with van der Waals surface area (Å²) in [5, 5.41) is 68.0. The molecule has 0 bridgehead atoms. The van der Waals surface area contributed by atoms with Gasteiger partial charge >= 0.3 is 0 Å². The van der Waals surface area contributed by atoms with E-state index in [0.29, 0.717) is 0 Å². The monoisotopic (exact) mass is 356 g/mol. The van der Waals surface area contributed by atoms with Gasteiger partial charge in [0.2, 0.25) is 0 Å². The molecule has 24 heavy (non-hydrogen) atoms. The summed E-state index contributed by atoms with van der Waals surface area (Å²) < 4.78 is 20.6. The highest BCUT2D eigenvalue weighted by Crippen LogP contribution is 2.29. The van der Waals surface area contributed by atoms with E-state index in [-0.39, 0.29) is 0 Å². The smallest absolute Gasteiger partial charge is 0.187 e. The number of methoxy groups -OCH3 is 1. The van der Waals surface area contributed by atoms with Crippen LogP contribution in [0, 0.1) is 0 Å². The third-order valence-corrected chi connectivity index (χ3v) is 4.19. The zero-order chi connectivity index (χ0) is 18.0. The first-order chi connectivity index (χ1) is 11.3. The Bertz CT molecular complexity index is 392. The molecule has 11 heteroatoms. The molecule has 2 saturated heterocycles. The molecular weight excluding hydrogens is 332 g/mol. The van der Waals surface area contributed by atoms with Crippen LogP contribution in [0.4, 0.5) is 0 Å². The van der Waals surface area contributed by atoms with Gasteiger partial charge in [-0.3, -0.25) is 0 Å². The number of aliphatic hydroxyl groups is 7. The third kappa shape index (κ3) is 3.71. The minimum atomic E-state index is -1.69. The number of ether oxygens (including phenoxy) is 4. The molecule has 0 amide bonds. The van der Waals surface area contributed by atoms with Crippen LogP contribution in [0.5, 0.6) is 0 Å². The maximum atomic E-state index is 10.2. The lowest BCUT2D eigenvalue weighted by molar-refractivity contribution is -0.357. The van der Waals surface area contributed by atoms with Crippen LogP contribution in [0.15, 0.2) is 0 Å². The van der Waals surface area contributed by atoms with E-state index in [9.17, 15) is 30.6 Å². The summed E-state index contributed by atoms with van der Waals surface area (Å²) >= 11 is 0. The summed E-state index contributed by atoms with van der Waals surface area (Å²) in [6.07, 6.45) is -14.3. The maximum absolute atomic E-state index is 10.2. The van der Waals surface area contributed by atoms with Crippen LogP contribution in [0.2, 0.25) is 0 Å². The van der Waals surface area contributed by atoms with E-state index in [1.807, 2.05) is 0 Å². The van der Waals surface area contributed by atoms with Gasteiger partial charge < -0.3 is 54.7 Å². The predicted octanol–water partition coefficient (Wildman–Crippen LogP) is -4.74.